The van der Waals surface area contributed by atoms with Crippen LogP contribution in [0.5, 0.6) is 0 Å². The Morgan fingerprint density at radius 3 is 2.89 bits per heavy atom. The first-order chi connectivity index (χ1) is 12.2. The van der Waals surface area contributed by atoms with Gasteiger partial charge in [-0.3, -0.25) is 0 Å². The number of hydrogen-bond acceptors (Lipinski definition) is 8. The molecule has 5 rings (SSSR count). The number of aryl methyl sites for hydroxylation is 1. The molecule has 0 radical (unpaired) electrons. The molecule has 0 amide bonds. The topological polar surface area (TPSA) is 96.5 Å². The van der Waals surface area contributed by atoms with Gasteiger partial charge < -0.3 is 24.6 Å². The van der Waals surface area contributed by atoms with Gasteiger partial charge in [0, 0.05) is 44.3 Å². The van der Waals surface area contributed by atoms with Gasteiger partial charge in [0.15, 0.2) is 5.82 Å². The summed E-state index contributed by atoms with van der Waals surface area (Å²) in [6.07, 6.45) is 1.89. The number of aromatic nitrogens is 3. The molecule has 2 aromatic heterocycles. The zero-order valence-corrected chi connectivity index (χ0v) is 16.5. The molecule has 0 aliphatic carbocycles. The van der Waals surface area contributed by atoms with Crippen molar-refractivity contribution in [1.82, 2.24) is 20.4 Å². The molecule has 148 valence electrons. The summed E-state index contributed by atoms with van der Waals surface area (Å²) >= 11 is 0. The summed E-state index contributed by atoms with van der Waals surface area (Å²) in [7, 11) is 0. The van der Waals surface area contributed by atoms with Gasteiger partial charge in [0.2, 0.25) is 0 Å². The van der Waals surface area contributed by atoms with E-state index in [-0.39, 0.29) is 49.0 Å². The summed E-state index contributed by atoms with van der Waals surface area (Å²) in [5.74, 6) is 2.53. The molecule has 27 heavy (non-hydrogen) atoms. The largest absolute Gasteiger partial charge is 0.396 e. The van der Waals surface area contributed by atoms with E-state index in [1.165, 1.54) is 0 Å². The van der Waals surface area contributed by atoms with Crippen molar-refractivity contribution in [2.75, 3.05) is 37.7 Å². The van der Waals surface area contributed by atoms with Crippen LogP contribution in [0.15, 0.2) is 22.9 Å². The normalized spacial score (nSPS) is 31.2. The van der Waals surface area contributed by atoms with Gasteiger partial charge in [0.05, 0.1) is 18.2 Å². The van der Waals surface area contributed by atoms with Gasteiger partial charge in [-0.2, -0.15) is 4.98 Å². The number of ether oxygens (including phenoxy) is 1. The summed E-state index contributed by atoms with van der Waals surface area (Å²) in [6, 6.07) is 3.93. The molecule has 5 heterocycles. The smallest absolute Gasteiger partial charge is 0.259 e. The minimum atomic E-state index is -0.208. The molecule has 4 atom stereocenters. The number of aliphatic hydroxyl groups excluding tert-OH is 1. The Morgan fingerprint density at radius 2 is 2.22 bits per heavy atom. The highest BCUT2D eigenvalue weighted by atomic mass is 35.5. The van der Waals surface area contributed by atoms with E-state index in [4.69, 9.17) is 9.26 Å². The van der Waals surface area contributed by atoms with Gasteiger partial charge in [-0.05, 0) is 19.1 Å². The maximum Gasteiger partial charge on any atom is 0.259 e. The third-order valence-corrected chi connectivity index (χ3v) is 5.76. The highest BCUT2D eigenvalue weighted by molar-refractivity contribution is 5.85. The molecule has 3 aliphatic heterocycles. The van der Waals surface area contributed by atoms with Gasteiger partial charge in [-0.1, -0.05) is 5.16 Å². The second kappa shape index (κ2) is 7.52. The Bertz CT molecular complexity index is 789. The van der Waals surface area contributed by atoms with E-state index in [2.05, 4.69) is 25.3 Å². The van der Waals surface area contributed by atoms with Crippen LogP contribution in [-0.2, 0) is 4.74 Å². The van der Waals surface area contributed by atoms with Crippen LogP contribution in [0.25, 0.3) is 11.5 Å². The number of halogens is 2. The first-order valence-corrected chi connectivity index (χ1v) is 8.70. The van der Waals surface area contributed by atoms with Gasteiger partial charge in [-0.15, -0.1) is 24.8 Å². The average molecular weight is 416 g/mol. The number of nitrogens with zero attached hydrogens (tertiary/aromatic N) is 4. The van der Waals surface area contributed by atoms with Crippen molar-refractivity contribution >= 4 is 30.6 Å². The predicted molar refractivity (Wildman–Crippen MR) is 104 cm³/mol. The van der Waals surface area contributed by atoms with Gasteiger partial charge >= 0.3 is 0 Å². The van der Waals surface area contributed by atoms with Crippen LogP contribution in [0.1, 0.15) is 5.82 Å². The summed E-state index contributed by atoms with van der Waals surface area (Å²) < 4.78 is 11.5. The van der Waals surface area contributed by atoms with Crippen LogP contribution in [0.2, 0.25) is 0 Å². The number of pyridine rings is 1. The minimum absolute atomic E-state index is 0. The summed E-state index contributed by atoms with van der Waals surface area (Å²) in [5, 5.41) is 17.1. The van der Waals surface area contributed by atoms with Crippen molar-refractivity contribution < 1.29 is 14.4 Å². The van der Waals surface area contributed by atoms with E-state index >= 15 is 0 Å². The molecule has 1 spiro atoms. The third-order valence-electron chi connectivity index (χ3n) is 5.76. The number of morpholine rings is 1. The SMILES string of the molecule is Cc1noc(-c2ccc(N3C[C@@H]4[C@H](CO)[C@H]5CNC[C@]4(C3)O5)nc2)n1.Cl.Cl. The maximum absolute atomic E-state index is 9.81. The number of fused-ring (bicyclic) bond motifs is 1. The minimum Gasteiger partial charge on any atom is -0.396 e. The molecule has 0 unspecified atom stereocenters. The second-order valence-electron chi connectivity index (χ2n) is 7.24. The molecular formula is C17H23Cl2N5O3. The molecule has 8 nitrogen and oxygen atoms in total. The zero-order chi connectivity index (χ0) is 17.0. The van der Waals surface area contributed by atoms with Crippen LogP contribution in [0.4, 0.5) is 5.82 Å². The van der Waals surface area contributed by atoms with Crippen molar-refractivity contribution in [1.29, 1.82) is 0 Å². The van der Waals surface area contributed by atoms with Crippen molar-refractivity contribution in [2.24, 2.45) is 11.8 Å². The lowest BCUT2D eigenvalue weighted by molar-refractivity contribution is -0.0654. The first-order valence-electron chi connectivity index (χ1n) is 8.70. The maximum atomic E-state index is 9.81. The van der Waals surface area contributed by atoms with Gasteiger partial charge in [0.25, 0.3) is 5.89 Å². The summed E-state index contributed by atoms with van der Waals surface area (Å²) in [5.41, 5.74) is 0.603. The number of rotatable bonds is 3. The Hall–Kier alpha value is -1.45. The molecule has 0 aromatic carbocycles. The predicted octanol–water partition coefficient (Wildman–Crippen LogP) is 1.07. The molecule has 2 N–H and O–H groups in total. The van der Waals surface area contributed by atoms with Crippen molar-refractivity contribution in [3.63, 3.8) is 0 Å². The molecule has 3 fully saturated rings. The Kier molecular flexibility index (Phi) is 5.65. The van der Waals surface area contributed by atoms with Crippen LogP contribution >= 0.6 is 24.8 Å². The number of hydrogen-bond donors (Lipinski definition) is 2. The third kappa shape index (κ3) is 3.19. The molecule has 10 heteroatoms. The fourth-order valence-corrected chi connectivity index (χ4v) is 4.59. The van der Waals surface area contributed by atoms with E-state index in [9.17, 15) is 5.11 Å². The van der Waals surface area contributed by atoms with Crippen molar-refractivity contribution in [3.8, 4) is 11.5 Å². The van der Waals surface area contributed by atoms with Gasteiger partial charge in [-0.25, -0.2) is 4.98 Å². The molecule has 3 aliphatic rings. The van der Waals surface area contributed by atoms with E-state index in [1.54, 1.807) is 13.1 Å². The zero-order valence-electron chi connectivity index (χ0n) is 14.9. The van der Waals surface area contributed by atoms with Crippen molar-refractivity contribution in [2.45, 2.75) is 18.6 Å². The number of anilines is 1. The lowest BCUT2D eigenvalue weighted by atomic mass is 9.83. The highest BCUT2D eigenvalue weighted by Crippen LogP contribution is 2.47. The number of aliphatic hydroxyl groups is 1. The van der Waals surface area contributed by atoms with Crippen LogP contribution < -0.4 is 10.2 Å². The van der Waals surface area contributed by atoms with E-state index in [1.807, 2.05) is 12.1 Å². The van der Waals surface area contributed by atoms with Crippen molar-refractivity contribution in [3.05, 3.63) is 24.2 Å². The highest BCUT2D eigenvalue weighted by Gasteiger charge is 2.60. The van der Waals surface area contributed by atoms with Crippen LogP contribution in [-0.4, -0.2) is 64.7 Å². The second-order valence-corrected chi connectivity index (χ2v) is 7.24. The summed E-state index contributed by atoms with van der Waals surface area (Å²) in [6.45, 7) is 5.29. The lowest BCUT2D eigenvalue weighted by Gasteiger charge is -2.34. The first kappa shape index (κ1) is 20.3. The Labute approximate surface area is 169 Å². The fraction of sp³-hybridized carbons (Fsp3) is 0.588. The Balaban J connectivity index is 0.00000105. The number of nitrogens with one attached hydrogen (secondary N) is 1. The van der Waals surface area contributed by atoms with E-state index < -0.39 is 0 Å². The Morgan fingerprint density at radius 1 is 1.37 bits per heavy atom. The fourth-order valence-electron chi connectivity index (χ4n) is 4.59. The monoisotopic (exact) mass is 415 g/mol. The molecule has 2 bridgehead atoms. The lowest BCUT2D eigenvalue weighted by Crippen LogP contribution is -2.52. The average Bonchev–Trinajstić information content (AvgIpc) is 3.26. The molecule has 0 saturated carbocycles. The molecular weight excluding hydrogens is 393 g/mol. The molecule has 3 saturated heterocycles. The standard InChI is InChI=1S/C17H21N5O3.2ClH/c1-10-20-16(25-21-10)11-2-3-15(19-4-11)22-6-13-12(7-23)14-5-18-8-17(13,9-22)24-14;;/h2-4,12-14,18,23H,5-9H2,1H3;2*1H/t12-,13+,14+,17+;;/m0../s1. The van der Waals surface area contributed by atoms with Gasteiger partial charge in [0.1, 0.15) is 11.4 Å². The van der Waals surface area contributed by atoms with E-state index in [0.717, 1.165) is 37.6 Å². The van der Waals surface area contributed by atoms with Crippen LogP contribution in [0.3, 0.4) is 0 Å². The van der Waals surface area contributed by atoms with Crippen LogP contribution in [0, 0.1) is 18.8 Å². The summed E-state index contributed by atoms with van der Waals surface area (Å²) in [4.78, 5) is 11.1. The van der Waals surface area contributed by atoms with E-state index in [0.29, 0.717) is 17.6 Å². The quantitative estimate of drug-likeness (QED) is 0.767. The molecule has 2 aromatic rings.